The highest BCUT2D eigenvalue weighted by Crippen LogP contribution is 2.22. The van der Waals surface area contributed by atoms with Crippen LogP contribution in [0.5, 0.6) is 0 Å². The number of guanidine groups is 1. The van der Waals surface area contributed by atoms with Gasteiger partial charge in [0, 0.05) is 45.1 Å². The standard InChI is InChI=1S/C25H34N4O/c1-4-26-25(28-16-20(3)21-13-11-19(2)12-14-21)27-15-7-10-24(30)29-17-22-8-5-6-9-23(22)18-29/h5-6,8-9,11-14,20H,4,7,10,15-18H2,1-3H3,(H2,26,27,28). The van der Waals surface area contributed by atoms with Crippen molar-refractivity contribution in [1.82, 2.24) is 15.5 Å². The summed E-state index contributed by atoms with van der Waals surface area (Å²) in [5, 5.41) is 6.67. The lowest BCUT2D eigenvalue weighted by Gasteiger charge is -2.16. The molecule has 2 N–H and O–H groups in total. The molecule has 0 fully saturated rings. The molecule has 30 heavy (non-hydrogen) atoms. The lowest BCUT2D eigenvalue weighted by atomic mass is 10.0. The maximum absolute atomic E-state index is 12.5. The Kier molecular flexibility index (Phi) is 7.89. The first-order chi connectivity index (χ1) is 14.6. The van der Waals surface area contributed by atoms with Gasteiger partial charge in [-0.15, -0.1) is 0 Å². The Balaban J connectivity index is 1.41. The van der Waals surface area contributed by atoms with Crippen molar-refractivity contribution in [2.24, 2.45) is 4.99 Å². The third-order valence-corrected chi connectivity index (χ3v) is 5.57. The molecular formula is C25H34N4O. The molecule has 2 aromatic rings. The number of aliphatic imine (C=N–C) groups is 1. The van der Waals surface area contributed by atoms with Gasteiger partial charge in [-0.25, -0.2) is 0 Å². The Hall–Kier alpha value is -2.82. The molecule has 0 saturated carbocycles. The fourth-order valence-corrected chi connectivity index (χ4v) is 3.68. The van der Waals surface area contributed by atoms with Crippen molar-refractivity contribution in [3.05, 3.63) is 70.8 Å². The molecule has 0 aromatic heterocycles. The molecule has 2 aromatic carbocycles. The molecule has 160 valence electrons. The van der Waals surface area contributed by atoms with Crippen molar-refractivity contribution in [3.8, 4) is 0 Å². The average Bonchev–Trinajstić information content (AvgIpc) is 3.19. The zero-order valence-corrected chi connectivity index (χ0v) is 18.4. The highest BCUT2D eigenvalue weighted by molar-refractivity contribution is 5.80. The highest BCUT2D eigenvalue weighted by Gasteiger charge is 2.22. The fourth-order valence-electron chi connectivity index (χ4n) is 3.68. The lowest BCUT2D eigenvalue weighted by molar-refractivity contribution is -0.131. The molecule has 5 heteroatoms. The molecule has 0 spiro atoms. The van der Waals surface area contributed by atoms with E-state index in [4.69, 9.17) is 4.99 Å². The van der Waals surface area contributed by atoms with Crippen LogP contribution in [0, 0.1) is 6.92 Å². The summed E-state index contributed by atoms with van der Waals surface area (Å²) in [5.41, 5.74) is 5.12. The topological polar surface area (TPSA) is 56.7 Å². The Morgan fingerprint density at radius 1 is 1.07 bits per heavy atom. The molecule has 1 atom stereocenters. The van der Waals surface area contributed by atoms with Crippen LogP contribution in [0.15, 0.2) is 53.5 Å². The SMILES string of the molecule is CCNC(=NCC(C)c1ccc(C)cc1)NCCCC(=O)N1Cc2ccccc2C1. The van der Waals surface area contributed by atoms with Crippen LogP contribution in [0.1, 0.15) is 54.9 Å². The van der Waals surface area contributed by atoms with Gasteiger partial charge >= 0.3 is 0 Å². The molecule has 1 amide bonds. The number of benzene rings is 2. The first kappa shape index (κ1) is 21.9. The fraction of sp³-hybridized carbons (Fsp3) is 0.440. The molecule has 1 aliphatic rings. The number of nitrogens with one attached hydrogen (secondary N) is 2. The smallest absolute Gasteiger partial charge is 0.223 e. The van der Waals surface area contributed by atoms with Gasteiger partial charge in [0.2, 0.25) is 5.91 Å². The predicted molar refractivity (Wildman–Crippen MR) is 124 cm³/mol. The lowest BCUT2D eigenvalue weighted by Crippen LogP contribution is -2.38. The van der Waals surface area contributed by atoms with E-state index in [9.17, 15) is 4.79 Å². The summed E-state index contributed by atoms with van der Waals surface area (Å²) in [5.74, 6) is 1.40. The number of nitrogens with zero attached hydrogens (tertiary/aromatic N) is 2. The average molecular weight is 407 g/mol. The third kappa shape index (κ3) is 6.09. The van der Waals surface area contributed by atoms with E-state index in [0.29, 0.717) is 12.3 Å². The van der Waals surface area contributed by atoms with Gasteiger partial charge in [0.25, 0.3) is 0 Å². The molecule has 0 radical (unpaired) electrons. The quantitative estimate of drug-likeness (QED) is 0.396. The largest absolute Gasteiger partial charge is 0.357 e. The molecule has 1 aliphatic heterocycles. The van der Waals surface area contributed by atoms with E-state index in [0.717, 1.165) is 45.1 Å². The van der Waals surface area contributed by atoms with Gasteiger partial charge in [-0.1, -0.05) is 61.0 Å². The van der Waals surface area contributed by atoms with Crippen LogP contribution in [-0.4, -0.2) is 36.4 Å². The van der Waals surface area contributed by atoms with Crippen molar-refractivity contribution >= 4 is 11.9 Å². The minimum atomic E-state index is 0.225. The second-order valence-electron chi connectivity index (χ2n) is 8.08. The molecule has 0 bridgehead atoms. The van der Waals surface area contributed by atoms with Gasteiger partial charge in [0.15, 0.2) is 5.96 Å². The maximum Gasteiger partial charge on any atom is 0.223 e. The van der Waals surface area contributed by atoms with E-state index in [1.54, 1.807) is 0 Å². The number of carbonyl (C=O) groups excluding carboxylic acids is 1. The molecule has 5 nitrogen and oxygen atoms in total. The zero-order valence-electron chi connectivity index (χ0n) is 18.4. The number of fused-ring (bicyclic) bond motifs is 1. The normalized spacial score (nSPS) is 14.4. The van der Waals surface area contributed by atoms with Crippen molar-refractivity contribution in [2.75, 3.05) is 19.6 Å². The predicted octanol–water partition coefficient (Wildman–Crippen LogP) is 3.98. The Morgan fingerprint density at radius 3 is 2.37 bits per heavy atom. The van der Waals surface area contributed by atoms with Crippen molar-refractivity contribution in [2.45, 2.75) is 52.6 Å². The van der Waals surface area contributed by atoms with Gasteiger partial charge in [-0.05, 0) is 37.0 Å². The van der Waals surface area contributed by atoms with Gasteiger partial charge in [-0.2, -0.15) is 0 Å². The summed E-state index contributed by atoms with van der Waals surface area (Å²) in [6.07, 6.45) is 1.35. The second kappa shape index (κ2) is 10.8. The summed E-state index contributed by atoms with van der Waals surface area (Å²) >= 11 is 0. The molecule has 3 rings (SSSR count). The van der Waals surface area contributed by atoms with Crippen LogP contribution in [0.25, 0.3) is 0 Å². The van der Waals surface area contributed by atoms with Crippen LogP contribution in [0.2, 0.25) is 0 Å². The van der Waals surface area contributed by atoms with Crippen molar-refractivity contribution in [3.63, 3.8) is 0 Å². The Labute approximate surface area is 180 Å². The van der Waals surface area contributed by atoms with Gasteiger partial charge in [0.1, 0.15) is 0 Å². The molecule has 1 heterocycles. The third-order valence-electron chi connectivity index (χ3n) is 5.57. The summed E-state index contributed by atoms with van der Waals surface area (Å²) < 4.78 is 0. The first-order valence-electron chi connectivity index (χ1n) is 11.0. The minimum Gasteiger partial charge on any atom is -0.357 e. The monoisotopic (exact) mass is 406 g/mol. The number of rotatable bonds is 8. The summed E-state index contributed by atoms with van der Waals surface area (Å²) in [4.78, 5) is 19.2. The zero-order chi connectivity index (χ0) is 21.3. The second-order valence-corrected chi connectivity index (χ2v) is 8.08. The van der Waals surface area contributed by atoms with Crippen molar-refractivity contribution in [1.29, 1.82) is 0 Å². The number of carbonyl (C=O) groups is 1. The van der Waals surface area contributed by atoms with Crippen LogP contribution in [0.3, 0.4) is 0 Å². The maximum atomic E-state index is 12.5. The van der Waals surface area contributed by atoms with Crippen LogP contribution in [0.4, 0.5) is 0 Å². The van der Waals surface area contributed by atoms with E-state index in [1.807, 2.05) is 17.0 Å². The van der Waals surface area contributed by atoms with E-state index < -0.39 is 0 Å². The first-order valence-corrected chi connectivity index (χ1v) is 11.0. The number of hydrogen-bond donors (Lipinski definition) is 2. The van der Waals surface area contributed by atoms with Crippen LogP contribution < -0.4 is 10.6 Å². The van der Waals surface area contributed by atoms with E-state index in [1.165, 1.54) is 22.3 Å². The number of aryl methyl sites for hydroxylation is 1. The number of amides is 1. The van der Waals surface area contributed by atoms with Crippen LogP contribution >= 0.6 is 0 Å². The van der Waals surface area contributed by atoms with Gasteiger partial charge in [-0.3, -0.25) is 9.79 Å². The highest BCUT2D eigenvalue weighted by atomic mass is 16.2. The van der Waals surface area contributed by atoms with Gasteiger partial charge < -0.3 is 15.5 Å². The molecule has 1 unspecified atom stereocenters. The number of hydrogen-bond acceptors (Lipinski definition) is 2. The van der Waals surface area contributed by atoms with Gasteiger partial charge in [0.05, 0.1) is 0 Å². The summed E-state index contributed by atoms with van der Waals surface area (Å²) in [7, 11) is 0. The molecule has 0 aliphatic carbocycles. The van der Waals surface area contributed by atoms with Crippen LogP contribution in [-0.2, 0) is 17.9 Å². The van der Waals surface area contributed by atoms with E-state index in [2.05, 4.69) is 67.8 Å². The molecule has 0 saturated heterocycles. The Bertz CT molecular complexity index is 835. The molecular weight excluding hydrogens is 372 g/mol. The van der Waals surface area contributed by atoms with E-state index in [-0.39, 0.29) is 5.91 Å². The summed E-state index contributed by atoms with van der Waals surface area (Å²) in [6, 6.07) is 17.0. The van der Waals surface area contributed by atoms with E-state index >= 15 is 0 Å². The minimum absolute atomic E-state index is 0.225. The summed E-state index contributed by atoms with van der Waals surface area (Å²) in [6.45, 7) is 10.1. The Morgan fingerprint density at radius 2 is 1.73 bits per heavy atom. The van der Waals surface area contributed by atoms with Crippen molar-refractivity contribution < 1.29 is 4.79 Å².